The van der Waals surface area contributed by atoms with Crippen molar-refractivity contribution in [2.24, 2.45) is 16.8 Å². The lowest BCUT2D eigenvalue weighted by Gasteiger charge is -2.21. The lowest BCUT2D eigenvalue weighted by molar-refractivity contribution is 0.156. The van der Waals surface area contributed by atoms with Crippen LogP contribution in [0.5, 0.6) is 0 Å². The topological polar surface area (TPSA) is 32.6 Å². The Kier molecular flexibility index (Phi) is 2.44. The number of nitrogens with zero attached hydrogens (tertiary/aromatic N) is 1. The lowest BCUT2D eigenvalue weighted by atomic mass is 9.90. The van der Waals surface area contributed by atoms with Gasteiger partial charge >= 0.3 is 0 Å². The number of aliphatic hydroxyl groups excluding tert-OH is 1. The Labute approximate surface area is 62.0 Å². The van der Waals surface area contributed by atoms with Crippen molar-refractivity contribution in [3.8, 4) is 0 Å². The average molecular weight is 141 g/mol. The molecule has 0 fully saturated rings. The first-order chi connectivity index (χ1) is 4.70. The Morgan fingerprint density at radius 3 is 2.60 bits per heavy atom. The summed E-state index contributed by atoms with van der Waals surface area (Å²) in [5.74, 6) is 1.25. The van der Waals surface area contributed by atoms with Gasteiger partial charge in [0.25, 0.3) is 0 Å². The predicted octanol–water partition coefficient (Wildman–Crippen LogP) is 1.44. The van der Waals surface area contributed by atoms with Gasteiger partial charge in [0.15, 0.2) is 0 Å². The van der Waals surface area contributed by atoms with Crippen LogP contribution in [0, 0.1) is 11.8 Å². The van der Waals surface area contributed by atoms with Gasteiger partial charge in [-0.05, 0) is 24.7 Å². The van der Waals surface area contributed by atoms with Crippen LogP contribution in [0.1, 0.15) is 26.7 Å². The zero-order chi connectivity index (χ0) is 7.56. The summed E-state index contributed by atoms with van der Waals surface area (Å²) in [5, 5.41) is 9.01. The molecule has 10 heavy (non-hydrogen) atoms. The molecule has 0 saturated heterocycles. The number of aliphatic imine (C=N–C) groups is 1. The zero-order valence-electron chi connectivity index (χ0n) is 6.62. The molecule has 0 aromatic rings. The quantitative estimate of drug-likeness (QED) is 0.589. The van der Waals surface area contributed by atoms with Crippen LogP contribution in [0.3, 0.4) is 0 Å². The summed E-state index contributed by atoms with van der Waals surface area (Å²) in [6, 6.07) is 0. The summed E-state index contributed by atoms with van der Waals surface area (Å²) in [6.45, 7) is 4.38. The monoisotopic (exact) mass is 141 g/mol. The first-order valence-electron chi connectivity index (χ1n) is 3.91. The van der Waals surface area contributed by atoms with Gasteiger partial charge in [-0.3, -0.25) is 4.99 Å². The van der Waals surface area contributed by atoms with E-state index in [2.05, 4.69) is 18.8 Å². The summed E-state index contributed by atoms with van der Waals surface area (Å²) in [4.78, 5) is 3.96. The molecule has 2 unspecified atom stereocenters. The number of rotatable bonds is 1. The summed E-state index contributed by atoms with van der Waals surface area (Å²) < 4.78 is 0. The van der Waals surface area contributed by atoms with Gasteiger partial charge in [0.2, 0.25) is 0 Å². The maximum atomic E-state index is 9.01. The maximum Gasteiger partial charge on any atom is 0.144 e. The summed E-state index contributed by atoms with van der Waals surface area (Å²) in [6.07, 6.45) is 3.40. The van der Waals surface area contributed by atoms with Crippen molar-refractivity contribution in [2.75, 3.05) is 0 Å². The largest absolute Gasteiger partial charge is 0.372 e. The minimum Gasteiger partial charge on any atom is -0.372 e. The van der Waals surface area contributed by atoms with E-state index >= 15 is 0 Å². The summed E-state index contributed by atoms with van der Waals surface area (Å²) >= 11 is 0. The summed E-state index contributed by atoms with van der Waals surface area (Å²) in [5.41, 5.74) is 0. The molecular formula is C8H15NO. The van der Waals surface area contributed by atoms with Gasteiger partial charge in [-0.1, -0.05) is 13.8 Å². The van der Waals surface area contributed by atoms with Crippen LogP contribution >= 0.6 is 0 Å². The van der Waals surface area contributed by atoms with E-state index in [0.717, 1.165) is 12.8 Å². The van der Waals surface area contributed by atoms with E-state index in [-0.39, 0.29) is 0 Å². The second-order valence-electron chi connectivity index (χ2n) is 3.26. The van der Waals surface area contributed by atoms with Gasteiger partial charge in [-0.2, -0.15) is 0 Å². The normalized spacial score (nSPS) is 33.2. The first-order valence-corrected chi connectivity index (χ1v) is 3.91. The van der Waals surface area contributed by atoms with E-state index in [1.54, 1.807) is 0 Å². The van der Waals surface area contributed by atoms with Crippen molar-refractivity contribution in [2.45, 2.75) is 32.9 Å². The van der Waals surface area contributed by atoms with Crippen LogP contribution in [0.25, 0.3) is 0 Å². The summed E-state index contributed by atoms with van der Waals surface area (Å²) in [7, 11) is 0. The molecule has 1 aliphatic heterocycles. The third-order valence-electron chi connectivity index (χ3n) is 2.06. The van der Waals surface area contributed by atoms with Crippen LogP contribution in [0.15, 0.2) is 4.99 Å². The van der Waals surface area contributed by atoms with Crippen LogP contribution in [0.4, 0.5) is 0 Å². The molecule has 1 aliphatic rings. The molecule has 58 valence electrons. The standard InChI is InChI=1S/C8H15NO/c1-6(2)7-3-4-8(10)9-5-7/h5-8,10H,3-4H2,1-2H3. The highest BCUT2D eigenvalue weighted by Gasteiger charge is 2.16. The Bertz CT molecular complexity index is 131. The van der Waals surface area contributed by atoms with Crippen molar-refractivity contribution < 1.29 is 5.11 Å². The second kappa shape index (κ2) is 3.15. The molecule has 0 radical (unpaired) electrons. The minimum atomic E-state index is -0.421. The SMILES string of the molecule is CC(C)C1C=NC(O)CC1. The van der Waals surface area contributed by atoms with Crippen molar-refractivity contribution in [3.05, 3.63) is 0 Å². The Morgan fingerprint density at radius 2 is 2.20 bits per heavy atom. The zero-order valence-corrected chi connectivity index (χ0v) is 6.62. The molecule has 0 aromatic carbocycles. The highest BCUT2D eigenvalue weighted by molar-refractivity contribution is 5.61. The molecule has 0 aliphatic carbocycles. The maximum absolute atomic E-state index is 9.01. The molecule has 0 spiro atoms. The van der Waals surface area contributed by atoms with Gasteiger partial charge in [-0.25, -0.2) is 0 Å². The highest BCUT2D eigenvalue weighted by atomic mass is 16.3. The first kappa shape index (κ1) is 7.73. The van der Waals surface area contributed by atoms with Gasteiger partial charge in [0.1, 0.15) is 6.23 Å². The molecule has 2 heteroatoms. The van der Waals surface area contributed by atoms with Crippen LogP contribution in [-0.2, 0) is 0 Å². The number of aliphatic hydroxyl groups is 1. The molecule has 2 nitrogen and oxygen atoms in total. The fraction of sp³-hybridized carbons (Fsp3) is 0.875. The molecule has 2 atom stereocenters. The van der Waals surface area contributed by atoms with Crippen molar-refractivity contribution >= 4 is 6.21 Å². The molecule has 0 saturated carbocycles. The van der Waals surface area contributed by atoms with Crippen LogP contribution in [-0.4, -0.2) is 17.5 Å². The van der Waals surface area contributed by atoms with Crippen molar-refractivity contribution in [1.82, 2.24) is 0 Å². The fourth-order valence-corrected chi connectivity index (χ4v) is 1.21. The van der Waals surface area contributed by atoms with Crippen LogP contribution in [0.2, 0.25) is 0 Å². The molecular weight excluding hydrogens is 126 g/mol. The lowest BCUT2D eigenvalue weighted by Crippen LogP contribution is -2.19. The smallest absolute Gasteiger partial charge is 0.144 e. The number of hydrogen-bond acceptors (Lipinski definition) is 2. The van der Waals surface area contributed by atoms with E-state index in [9.17, 15) is 0 Å². The number of hydrogen-bond donors (Lipinski definition) is 1. The average Bonchev–Trinajstić information content (AvgIpc) is 1.88. The molecule has 0 amide bonds. The van der Waals surface area contributed by atoms with Gasteiger partial charge in [0.05, 0.1) is 0 Å². The Morgan fingerprint density at radius 1 is 1.50 bits per heavy atom. The third-order valence-corrected chi connectivity index (χ3v) is 2.06. The molecule has 0 aromatic heterocycles. The van der Waals surface area contributed by atoms with E-state index in [4.69, 9.17) is 5.11 Å². The second-order valence-corrected chi connectivity index (χ2v) is 3.26. The highest BCUT2D eigenvalue weighted by Crippen LogP contribution is 2.20. The van der Waals surface area contributed by atoms with Gasteiger partial charge < -0.3 is 5.11 Å². The van der Waals surface area contributed by atoms with Gasteiger partial charge in [-0.15, -0.1) is 0 Å². The third kappa shape index (κ3) is 1.81. The predicted molar refractivity (Wildman–Crippen MR) is 42.1 cm³/mol. The molecule has 0 bridgehead atoms. The van der Waals surface area contributed by atoms with E-state index < -0.39 is 6.23 Å². The Balaban J connectivity index is 2.45. The molecule has 1 N–H and O–H groups in total. The van der Waals surface area contributed by atoms with Crippen LogP contribution < -0.4 is 0 Å². The molecule has 1 rings (SSSR count). The Hall–Kier alpha value is -0.370. The van der Waals surface area contributed by atoms with E-state index in [0.29, 0.717) is 11.8 Å². The van der Waals surface area contributed by atoms with E-state index in [1.165, 1.54) is 0 Å². The van der Waals surface area contributed by atoms with E-state index in [1.807, 2.05) is 6.21 Å². The minimum absolute atomic E-state index is 0.421. The fourth-order valence-electron chi connectivity index (χ4n) is 1.21. The van der Waals surface area contributed by atoms with Crippen molar-refractivity contribution in [3.63, 3.8) is 0 Å². The van der Waals surface area contributed by atoms with Crippen molar-refractivity contribution in [1.29, 1.82) is 0 Å². The van der Waals surface area contributed by atoms with Gasteiger partial charge in [0, 0.05) is 6.21 Å². The molecule has 1 heterocycles.